The smallest absolute Gasteiger partial charge is 0.156 e. The standard InChI is InChI=1S/C28H48N8OS/c1-10-12-13-15-24-25(14-11-2)34-35-28(24)32-20-31-26(16-17-38-9)27(33-23(5)37-8)18-30-22(4)36(7)19-21(3)29-6/h16-20,22-23,26H,6,10-15H2,1-5,7-9H3,(H2,31,32,34,35)/b17-16+,21-19-,30-18?,33-27?. The average Bonchev–Trinajstić information content (AvgIpc) is 3.29. The summed E-state index contributed by atoms with van der Waals surface area (Å²) >= 11 is 1.61. The number of unbranched alkanes of at least 4 members (excludes halogenated alkanes) is 2. The Bertz CT molecular complexity index is 966. The number of hydrogen-bond acceptors (Lipinski definition) is 8. The zero-order valence-electron chi connectivity index (χ0n) is 24.6. The summed E-state index contributed by atoms with van der Waals surface area (Å²) in [7, 11) is 3.59. The quantitative estimate of drug-likeness (QED) is 0.124. The van der Waals surface area contributed by atoms with E-state index in [4.69, 9.17) is 19.7 Å². The van der Waals surface area contributed by atoms with Crippen LogP contribution in [0.1, 0.15) is 71.6 Å². The Morgan fingerprint density at radius 2 is 1.97 bits per heavy atom. The van der Waals surface area contributed by atoms with Crippen molar-refractivity contribution in [1.82, 2.24) is 15.1 Å². The number of anilines is 1. The molecule has 0 aliphatic carbocycles. The lowest BCUT2D eigenvalue weighted by atomic mass is 10.0. The van der Waals surface area contributed by atoms with Gasteiger partial charge in [0.2, 0.25) is 0 Å². The fourth-order valence-corrected chi connectivity index (χ4v) is 3.84. The maximum Gasteiger partial charge on any atom is 0.156 e. The SMILES string of the molecule is C=N/C(C)=C\N(C)C(C)N=CC(=NC(C)OC)C(/C=C/SC)N=CNc1n[nH]c(CCC)c1CCCCC. The van der Waals surface area contributed by atoms with Crippen molar-refractivity contribution < 1.29 is 4.74 Å². The van der Waals surface area contributed by atoms with Crippen molar-refractivity contribution >= 4 is 42.6 Å². The van der Waals surface area contributed by atoms with Crippen LogP contribution in [0.15, 0.2) is 43.4 Å². The minimum absolute atomic E-state index is 0.131. The summed E-state index contributed by atoms with van der Waals surface area (Å²) in [6.07, 6.45) is 15.5. The monoisotopic (exact) mass is 544 g/mol. The number of aryl methyl sites for hydroxylation is 1. The van der Waals surface area contributed by atoms with E-state index in [1.54, 1.807) is 31.4 Å². The van der Waals surface area contributed by atoms with E-state index in [1.807, 2.05) is 56.7 Å². The number of H-pyrrole nitrogens is 1. The molecule has 0 spiro atoms. The molecule has 3 unspecified atom stereocenters. The third-order valence-corrected chi connectivity index (χ3v) is 6.37. The van der Waals surface area contributed by atoms with Crippen LogP contribution in [0.4, 0.5) is 5.82 Å². The third-order valence-electron chi connectivity index (χ3n) is 5.94. The second kappa shape index (κ2) is 19.4. The molecule has 0 saturated heterocycles. The van der Waals surface area contributed by atoms with E-state index in [-0.39, 0.29) is 18.4 Å². The summed E-state index contributed by atoms with van der Waals surface area (Å²) in [6, 6.07) is -0.349. The van der Waals surface area contributed by atoms with Crippen LogP contribution in [0.5, 0.6) is 0 Å². The minimum atomic E-state index is -0.349. The number of aromatic nitrogens is 2. The van der Waals surface area contributed by atoms with Gasteiger partial charge in [-0.05, 0) is 64.5 Å². The van der Waals surface area contributed by atoms with Gasteiger partial charge in [-0.2, -0.15) is 5.10 Å². The van der Waals surface area contributed by atoms with E-state index in [0.717, 1.165) is 37.2 Å². The summed E-state index contributed by atoms with van der Waals surface area (Å²) in [5.41, 5.74) is 3.97. The maximum absolute atomic E-state index is 5.42. The van der Waals surface area contributed by atoms with Gasteiger partial charge in [0.25, 0.3) is 0 Å². The molecule has 1 aromatic heterocycles. The van der Waals surface area contributed by atoms with Crippen molar-refractivity contribution in [1.29, 1.82) is 0 Å². The van der Waals surface area contributed by atoms with E-state index in [1.165, 1.54) is 24.1 Å². The molecular formula is C28H48N8OS. The first-order valence-corrected chi connectivity index (χ1v) is 14.6. The number of allylic oxidation sites excluding steroid dienone is 1. The number of nitrogens with one attached hydrogen (secondary N) is 2. The zero-order chi connectivity index (χ0) is 28.3. The number of ether oxygens (including phenoxy) is 1. The van der Waals surface area contributed by atoms with Crippen LogP contribution in [0.25, 0.3) is 0 Å². The molecule has 0 radical (unpaired) electrons. The number of rotatable bonds is 19. The Morgan fingerprint density at radius 1 is 1.21 bits per heavy atom. The van der Waals surface area contributed by atoms with Crippen molar-refractivity contribution in [2.45, 2.75) is 91.6 Å². The molecule has 9 nitrogen and oxygen atoms in total. The highest BCUT2D eigenvalue weighted by molar-refractivity contribution is 8.01. The molecule has 1 rings (SSSR count). The molecule has 212 valence electrons. The minimum Gasteiger partial charge on any atom is -0.360 e. The normalized spacial score (nSPS) is 15.5. The number of aromatic amines is 1. The summed E-state index contributed by atoms with van der Waals surface area (Å²) in [5.74, 6) is 0.839. The fourth-order valence-electron chi connectivity index (χ4n) is 3.54. The summed E-state index contributed by atoms with van der Waals surface area (Å²) in [5, 5.41) is 13.1. The van der Waals surface area contributed by atoms with Crippen molar-refractivity contribution in [3.8, 4) is 0 Å². The first-order chi connectivity index (χ1) is 18.3. The van der Waals surface area contributed by atoms with Crippen LogP contribution in [0, 0.1) is 0 Å². The third kappa shape index (κ3) is 12.2. The number of hydrogen-bond donors (Lipinski definition) is 2. The first-order valence-electron chi connectivity index (χ1n) is 13.4. The molecule has 2 N–H and O–H groups in total. The van der Waals surface area contributed by atoms with Gasteiger partial charge < -0.3 is 15.0 Å². The van der Waals surface area contributed by atoms with Crippen molar-refractivity contribution in [3.63, 3.8) is 0 Å². The first kappa shape index (κ1) is 33.3. The van der Waals surface area contributed by atoms with Crippen LogP contribution >= 0.6 is 11.8 Å². The van der Waals surface area contributed by atoms with Gasteiger partial charge in [0.1, 0.15) is 18.4 Å². The molecule has 0 bridgehead atoms. The second-order valence-corrected chi connectivity index (χ2v) is 9.80. The van der Waals surface area contributed by atoms with Gasteiger partial charge >= 0.3 is 0 Å². The zero-order valence-corrected chi connectivity index (χ0v) is 25.4. The molecule has 0 aliphatic heterocycles. The Balaban J connectivity index is 3.23. The predicted molar refractivity (Wildman–Crippen MR) is 167 cm³/mol. The van der Waals surface area contributed by atoms with Crippen molar-refractivity contribution in [3.05, 3.63) is 34.6 Å². The summed E-state index contributed by atoms with van der Waals surface area (Å²) in [4.78, 5) is 20.2. The second-order valence-electron chi connectivity index (χ2n) is 9.06. The molecule has 0 saturated carbocycles. The molecule has 0 amide bonds. The predicted octanol–water partition coefficient (Wildman–Crippen LogP) is 6.12. The fraction of sp³-hybridized carbons (Fsp3) is 0.607. The van der Waals surface area contributed by atoms with E-state index in [0.29, 0.717) is 5.71 Å². The summed E-state index contributed by atoms with van der Waals surface area (Å²) < 4.78 is 5.42. The van der Waals surface area contributed by atoms with Gasteiger partial charge in [-0.25, -0.2) is 0 Å². The highest BCUT2D eigenvalue weighted by atomic mass is 32.2. The number of methoxy groups -OCH3 is 1. The molecule has 0 fully saturated rings. The molecule has 1 aromatic rings. The van der Waals surface area contributed by atoms with Gasteiger partial charge in [-0.3, -0.25) is 25.1 Å². The Morgan fingerprint density at radius 3 is 2.61 bits per heavy atom. The van der Waals surface area contributed by atoms with Crippen LogP contribution in [-0.2, 0) is 17.6 Å². The summed E-state index contributed by atoms with van der Waals surface area (Å²) in [6.45, 7) is 13.8. The van der Waals surface area contributed by atoms with Crippen molar-refractivity contribution in [2.24, 2.45) is 20.0 Å². The van der Waals surface area contributed by atoms with Gasteiger partial charge in [0.15, 0.2) is 5.82 Å². The van der Waals surface area contributed by atoms with Crippen LogP contribution in [0.3, 0.4) is 0 Å². The molecule has 10 heteroatoms. The van der Waals surface area contributed by atoms with E-state index >= 15 is 0 Å². The lowest BCUT2D eigenvalue weighted by molar-refractivity contribution is 0.126. The van der Waals surface area contributed by atoms with Gasteiger partial charge in [0.05, 0.1) is 17.7 Å². The molecule has 38 heavy (non-hydrogen) atoms. The molecule has 0 aromatic carbocycles. The lowest BCUT2D eigenvalue weighted by Gasteiger charge is -2.20. The molecule has 1 heterocycles. The van der Waals surface area contributed by atoms with Crippen molar-refractivity contribution in [2.75, 3.05) is 25.7 Å². The van der Waals surface area contributed by atoms with E-state index < -0.39 is 0 Å². The maximum atomic E-state index is 5.42. The highest BCUT2D eigenvalue weighted by Gasteiger charge is 2.14. The largest absolute Gasteiger partial charge is 0.360 e. The van der Waals surface area contributed by atoms with Crippen LogP contribution in [0.2, 0.25) is 0 Å². The average molecular weight is 545 g/mol. The number of thioether (sulfide) groups is 1. The molecule has 0 aliphatic rings. The number of aliphatic imine (C=N–C) groups is 4. The topological polar surface area (TPSA) is 103 Å². The Kier molecular flexibility index (Phi) is 17.0. The molecular weight excluding hydrogens is 496 g/mol. The molecule has 3 atom stereocenters. The van der Waals surface area contributed by atoms with Crippen LogP contribution in [-0.4, -0.2) is 78.9 Å². The van der Waals surface area contributed by atoms with Gasteiger partial charge in [-0.1, -0.05) is 33.1 Å². The van der Waals surface area contributed by atoms with Gasteiger partial charge in [-0.15, -0.1) is 11.8 Å². The lowest BCUT2D eigenvalue weighted by Crippen LogP contribution is -2.26. The Labute approximate surface area is 234 Å². The number of nitrogens with zero attached hydrogens (tertiary/aromatic N) is 6. The Hall–Kier alpha value is -2.72. The highest BCUT2D eigenvalue weighted by Crippen LogP contribution is 2.20. The van der Waals surface area contributed by atoms with Crippen LogP contribution < -0.4 is 5.32 Å². The van der Waals surface area contributed by atoms with E-state index in [9.17, 15) is 0 Å². The van der Waals surface area contributed by atoms with E-state index in [2.05, 4.69) is 41.1 Å². The van der Waals surface area contributed by atoms with Gasteiger partial charge in [0, 0.05) is 37.8 Å².